The summed E-state index contributed by atoms with van der Waals surface area (Å²) in [5, 5.41) is 43.9. The van der Waals surface area contributed by atoms with Gasteiger partial charge in [0, 0.05) is 49.3 Å². The molecular formula is C18H14N4O8. The van der Waals surface area contributed by atoms with E-state index in [9.17, 15) is 40.5 Å². The Bertz CT molecular complexity index is 957. The van der Waals surface area contributed by atoms with Crippen molar-refractivity contribution in [2.45, 2.75) is 12.8 Å². The number of nitrogens with zero attached hydrogens (tertiary/aromatic N) is 4. The molecule has 12 nitrogen and oxygen atoms in total. The quantitative estimate of drug-likeness (QED) is 0.433. The number of benzene rings is 2. The van der Waals surface area contributed by atoms with Crippen molar-refractivity contribution in [3.05, 3.63) is 112 Å². The first kappa shape index (κ1) is 21.8. The molecule has 0 aliphatic rings. The molecule has 0 N–H and O–H groups in total. The number of hydrogen-bond acceptors (Lipinski definition) is 8. The highest BCUT2D eigenvalue weighted by atomic mass is 16.6. The van der Waals surface area contributed by atoms with Crippen LogP contribution in [0.25, 0.3) is 12.2 Å². The monoisotopic (exact) mass is 414 g/mol. The van der Waals surface area contributed by atoms with Gasteiger partial charge in [0.05, 0.1) is 19.7 Å². The Kier molecular flexibility index (Phi) is 7.01. The van der Waals surface area contributed by atoms with E-state index in [0.717, 1.165) is 0 Å². The molecule has 0 amide bonds. The maximum atomic E-state index is 11.3. The number of nitro benzene ring substituents is 2. The maximum absolute atomic E-state index is 11.3. The molecule has 0 saturated heterocycles. The van der Waals surface area contributed by atoms with Gasteiger partial charge < -0.3 is 0 Å². The van der Waals surface area contributed by atoms with Gasteiger partial charge in [-0.3, -0.25) is 40.5 Å². The summed E-state index contributed by atoms with van der Waals surface area (Å²) >= 11 is 0. The molecule has 12 heteroatoms. The van der Waals surface area contributed by atoms with Crippen molar-refractivity contribution in [2.75, 3.05) is 0 Å². The van der Waals surface area contributed by atoms with Crippen LogP contribution >= 0.6 is 0 Å². The largest absolute Gasteiger partial charge is 0.269 e. The van der Waals surface area contributed by atoms with Crippen LogP contribution < -0.4 is 0 Å². The van der Waals surface area contributed by atoms with Crippen LogP contribution in [0.3, 0.4) is 0 Å². The van der Waals surface area contributed by atoms with Gasteiger partial charge in [-0.25, -0.2) is 0 Å². The molecule has 0 unspecified atom stereocenters. The summed E-state index contributed by atoms with van der Waals surface area (Å²) in [6, 6.07) is 10.1. The number of allylic oxidation sites excluding steroid dienone is 2. The van der Waals surface area contributed by atoms with E-state index in [1.807, 2.05) is 0 Å². The molecule has 0 fully saturated rings. The molecule has 0 heterocycles. The lowest BCUT2D eigenvalue weighted by Gasteiger charge is -2.01. The van der Waals surface area contributed by atoms with E-state index in [1.54, 1.807) is 0 Å². The highest BCUT2D eigenvalue weighted by Crippen LogP contribution is 2.21. The highest BCUT2D eigenvalue weighted by Gasteiger charge is 2.18. The molecule has 2 aromatic rings. The Balaban J connectivity index is 2.20. The zero-order valence-corrected chi connectivity index (χ0v) is 15.2. The van der Waals surface area contributed by atoms with Crippen molar-refractivity contribution in [3.63, 3.8) is 0 Å². The third-order valence-corrected chi connectivity index (χ3v) is 3.98. The van der Waals surface area contributed by atoms with Gasteiger partial charge >= 0.3 is 0 Å². The third kappa shape index (κ3) is 6.02. The maximum Gasteiger partial charge on any atom is 0.269 e. The predicted octanol–water partition coefficient (Wildman–Crippen LogP) is 4.22. The summed E-state index contributed by atoms with van der Waals surface area (Å²) in [4.78, 5) is 41.4. The Morgan fingerprint density at radius 3 is 1.13 bits per heavy atom. The second-order valence-corrected chi connectivity index (χ2v) is 5.98. The molecule has 2 rings (SSSR count). The van der Waals surface area contributed by atoms with Crippen molar-refractivity contribution >= 4 is 23.5 Å². The normalized spacial score (nSPS) is 11.7. The molecule has 0 aromatic heterocycles. The predicted molar refractivity (Wildman–Crippen MR) is 105 cm³/mol. The molecule has 154 valence electrons. The first-order chi connectivity index (χ1) is 14.2. The summed E-state index contributed by atoms with van der Waals surface area (Å²) in [7, 11) is 0. The van der Waals surface area contributed by atoms with Crippen molar-refractivity contribution < 1.29 is 19.7 Å². The van der Waals surface area contributed by atoms with E-state index in [-0.39, 0.29) is 35.6 Å². The van der Waals surface area contributed by atoms with Gasteiger partial charge in [-0.1, -0.05) is 0 Å². The van der Waals surface area contributed by atoms with E-state index in [0.29, 0.717) is 11.1 Å². The Morgan fingerprint density at radius 2 is 0.900 bits per heavy atom. The van der Waals surface area contributed by atoms with E-state index in [1.165, 1.54) is 60.7 Å². The van der Waals surface area contributed by atoms with E-state index in [2.05, 4.69) is 0 Å². The minimum atomic E-state index is -0.676. The summed E-state index contributed by atoms with van der Waals surface area (Å²) in [5.41, 5.74) is -0.267. The fourth-order valence-corrected chi connectivity index (χ4v) is 2.46. The molecule has 30 heavy (non-hydrogen) atoms. The van der Waals surface area contributed by atoms with Crippen LogP contribution in [0.4, 0.5) is 11.4 Å². The van der Waals surface area contributed by atoms with Crippen molar-refractivity contribution in [1.29, 1.82) is 0 Å². The molecule has 0 aliphatic carbocycles. The molecule has 0 aliphatic heterocycles. The van der Waals surface area contributed by atoms with Crippen LogP contribution in [0.15, 0.2) is 59.9 Å². The molecule has 0 bridgehead atoms. The van der Waals surface area contributed by atoms with Crippen molar-refractivity contribution in [2.24, 2.45) is 0 Å². The Labute approximate surface area is 168 Å². The van der Waals surface area contributed by atoms with Crippen LogP contribution in [0.1, 0.15) is 24.0 Å². The zero-order chi connectivity index (χ0) is 22.3. The minimum Gasteiger partial charge on any atom is -0.259 e. The number of nitro groups is 4. The van der Waals surface area contributed by atoms with Crippen LogP contribution in [0.2, 0.25) is 0 Å². The molecule has 2 aromatic carbocycles. The van der Waals surface area contributed by atoms with Gasteiger partial charge in [0.2, 0.25) is 11.4 Å². The first-order valence-electron chi connectivity index (χ1n) is 8.36. The van der Waals surface area contributed by atoms with Gasteiger partial charge in [-0.15, -0.1) is 0 Å². The van der Waals surface area contributed by atoms with Gasteiger partial charge in [-0.2, -0.15) is 0 Å². The lowest BCUT2D eigenvalue weighted by molar-refractivity contribution is -0.435. The Hall–Kier alpha value is -4.48. The topological polar surface area (TPSA) is 173 Å². The summed E-state index contributed by atoms with van der Waals surface area (Å²) < 4.78 is 0. The van der Waals surface area contributed by atoms with Crippen LogP contribution in [0.5, 0.6) is 0 Å². The van der Waals surface area contributed by atoms with E-state index < -0.39 is 19.7 Å². The molecular weight excluding hydrogens is 400 g/mol. The first-order valence-corrected chi connectivity index (χ1v) is 8.36. The van der Waals surface area contributed by atoms with Crippen LogP contribution in [0, 0.1) is 40.5 Å². The number of hydrogen-bond donors (Lipinski definition) is 0. The fourth-order valence-electron chi connectivity index (χ4n) is 2.46. The standard InChI is InChI=1S/C18H14N4O8/c23-19(24)15-5-1-13(2-6-15)11-17(21(27)28)9-10-18(22(29)30)12-14-3-7-16(8-4-14)20(25)26/h1-8,11-12H,9-10H2/b17-11+,18-12+. The minimum absolute atomic E-state index is 0.170. The van der Waals surface area contributed by atoms with Crippen LogP contribution in [-0.2, 0) is 0 Å². The lowest BCUT2D eigenvalue weighted by atomic mass is 10.1. The SMILES string of the molecule is O=[N+]([O-])/C(=C/c1ccc([N+](=O)[O-])cc1)CC/C(=C\c1ccc([N+](=O)[O-])cc1)[N+](=O)[O-]. The summed E-state index contributed by atoms with van der Waals surface area (Å²) in [5.74, 6) is 0. The highest BCUT2D eigenvalue weighted by molar-refractivity contribution is 5.55. The average molecular weight is 414 g/mol. The van der Waals surface area contributed by atoms with Crippen molar-refractivity contribution in [1.82, 2.24) is 0 Å². The molecule has 0 saturated carbocycles. The van der Waals surface area contributed by atoms with Gasteiger partial charge in [0.15, 0.2) is 0 Å². The van der Waals surface area contributed by atoms with Crippen LogP contribution in [-0.4, -0.2) is 19.7 Å². The number of non-ortho nitro benzene ring substituents is 2. The molecule has 0 radical (unpaired) electrons. The smallest absolute Gasteiger partial charge is 0.259 e. The summed E-state index contributed by atoms with van der Waals surface area (Å²) in [6.07, 6.45) is 1.86. The number of rotatable bonds is 9. The molecule has 0 spiro atoms. The second kappa shape index (κ2) is 9.64. The second-order valence-electron chi connectivity index (χ2n) is 5.98. The average Bonchev–Trinajstić information content (AvgIpc) is 2.70. The fraction of sp³-hybridized carbons (Fsp3) is 0.111. The third-order valence-electron chi connectivity index (χ3n) is 3.98. The van der Waals surface area contributed by atoms with E-state index in [4.69, 9.17) is 0 Å². The van der Waals surface area contributed by atoms with Crippen molar-refractivity contribution in [3.8, 4) is 0 Å². The lowest BCUT2D eigenvalue weighted by Crippen LogP contribution is -2.04. The van der Waals surface area contributed by atoms with Gasteiger partial charge in [0.1, 0.15) is 0 Å². The van der Waals surface area contributed by atoms with Gasteiger partial charge in [0.25, 0.3) is 11.4 Å². The Morgan fingerprint density at radius 1 is 0.600 bits per heavy atom. The van der Waals surface area contributed by atoms with Gasteiger partial charge in [-0.05, 0) is 35.4 Å². The zero-order valence-electron chi connectivity index (χ0n) is 15.2. The van der Waals surface area contributed by atoms with E-state index >= 15 is 0 Å². The summed E-state index contributed by atoms with van der Waals surface area (Å²) in [6.45, 7) is 0. The molecule has 0 atom stereocenters.